The number of benzene rings is 1. The van der Waals surface area contributed by atoms with Crippen LogP contribution >= 0.6 is 11.3 Å². The highest BCUT2D eigenvalue weighted by molar-refractivity contribution is 7.16. The molecule has 2 rings (SSSR count). The number of amides is 1. The van der Waals surface area contributed by atoms with Crippen LogP contribution < -0.4 is 0 Å². The lowest BCUT2D eigenvalue weighted by Gasteiger charge is -2.11. The van der Waals surface area contributed by atoms with Crippen molar-refractivity contribution in [2.45, 2.75) is 6.92 Å². The molecule has 0 fully saturated rings. The summed E-state index contributed by atoms with van der Waals surface area (Å²) in [6, 6.07) is 4.56. The summed E-state index contributed by atoms with van der Waals surface area (Å²) in [5.41, 5.74) is 2.10. The van der Waals surface area contributed by atoms with E-state index < -0.39 is 0 Å². The lowest BCUT2D eigenvalue weighted by atomic mass is 10.1. The quantitative estimate of drug-likeness (QED) is 0.641. The molecule has 0 aliphatic heterocycles. The minimum atomic E-state index is -0.277. The number of carbonyl (C=O) groups is 1. The van der Waals surface area contributed by atoms with E-state index in [9.17, 15) is 9.18 Å². The number of rotatable bonds is 4. The van der Waals surface area contributed by atoms with Crippen molar-refractivity contribution in [1.29, 1.82) is 0 Å². The highest BCUT2D eigenvalue weighted by Gasteiger charge is 2.18. The molecule has 0 saturated carbocycles. The zero-order valence-electron chi connectivity index (χ0n) is 12.9. The van der Waals surface area contributed by atoms with E-state index in [0.717, 1.165) is 16.1 Å². The third-order valence-electron chi connectivity index (χ3n) is 3.06. The zero-order chi connectivity index (χ0) is 16.3. The Labute approximate surface area is 132 Å². The Bertz CT molecular complexity index is 723. The first-order chi connectivity index (χ1) is 10.4. The molecule has 22 heavy (non-hydrogen) atoms. The first kappa shape index (κ1) is 16.2. The van der Waals surface area contributed by atoms with Crippen LogP contribution in [0.4, 0.5) is 4.39 Å². The average molecular weight is 320 g/mol. The van der Waals surface area contributed by atoms with Gasteiger partial charge >= 0.3 is 0 Å². The molecule has 1 amide bonds. The van der Waals surface area contributed by atoms with E-state index in [2.05, 4.69) is 4.98 Å². The van der Waals surface area contributed by atoms with Gasteiger partial charge in [0.1, 0.15) is 10.8 Å². The highest BCUT2D eigenvalue weighted by Crippen LogP contribution is 2.32. The number of halogens is 1. The minimum Gasteiger partial charge on any atom is -0.503 e. The standard InChI is InChI=1S/C16H17FN2O2S/c1-10-7-11(17)5-6-12(10)15-18-8-14(22-15)13(9-21-4)16(20)19(2)3/h5-9H,1-4H3. The summed E-state index contributed by atoms with van der Waals surface area (Å²) in [6.07, 6.45) is 3.05. The molecule has 0 atom stereocenters. The summed E-state index contributed by atoms with van der Waals surface area (Å²) in [4.78, 5) is 18.7. The van der Waals surface area contributed by atoms with E-state index in [-0.39, 0.29) is 11.7 Å². The Hall–Kier alpha value is -2.21. The van der Waals surface area contributed by atoms with E-state index >= 15 is 0 Å². The predicted octanol–water partition coefficient (Wildman–Crippen LogP) is 3.33. The number of aromatic nitrogens is 1. The second-order valence-corrected chi connectivity index (χ2v) is 5.99. The molecule has 6 heteroatoms. The minimum absolute atomic E-state index is 0.159. The largest absolute Gasteiger partial charge is 0.503 e. The number of thiazole rings is 1. The number of methoxy groups -OCH3 is 1. The normalized spacial score (nSPS) is 11.4. The molecular weight excluding hydrogens is 303 g/mol. The van der Waals surface area contributed by atoms with Crippen LogP contribution in [0.15, 0.2) is 30.7 Å². The maximum absolute atomic E-state index is 13.2. The summed E-state index contributed by atoms with van der Waals surface area (Å²) in [5.74, 6) is -0.436. The number of carbonyl (C=O) groups excluding carboxylic acids is 1. The van der Waals surface area contributed by atoms with Gasteiger partial charge < -0.3 is 9.64 Å². The van der Waals surface area contributed by atoms with Gasteiger partial charge in [-0.15, -0.1) is 11.3 Å². The molecular formula is C16H17FN2O2S. The average Bonchev–Trinajstić information content (AvgIpc) is 2.93. The highest BCUT2D eigenvalue weighted by atomic mass is 32.1. The zero-order valence-corrected chi connectivity index (χ0v) is 13.7. The van der Waals surface area contributed by atoms with Gasteiger partial charge in [0, 0.05) is 25.9 Å². The number of hydrogen-bond donors (Lipinski definition) is 0. The third-order valence-corrected chi connectivity index (χ3v) is 4.13. The van der Waals surface area contributed by atoms with Crippen molar-refractivity contribution in [3.05, 3.63) is 46.9 Å². The molecule has 0 spiro atoms. The molecule has 1 aromatic heterocycles. The van der Waals surface area contributed by atoms with Crippen LogP contribution in [0.1, 0.15) is 10.4 Å². The molecule has 116 valence electrons. The van der Waals surface area contributed by atoms with Gasteiger partial charge in [0.05, 0.1) is 23.8 Å². The SMILES string of the molecule is COC=C(C(=O)N(C)C)c1cnc(-c2ccc(F)cc2C)s1. The molecule has 0 N–H and O–H groups in total. The summed E-state index contributed by atoms with van der Waals surface area (Å²) in [7, 11) is 4.85. The van der Waals surface area contributed by atoms with E-state index in [1.54, 1.807) is 26.4 Å². The Morgan fingerprint density at radius 2 is 2.14 bits per heavy atom. The third kappa shape index (κ3) is 3.33. The molecule has 0 radical (unpaired) electrons. The summed E-state index contributed by atoms with van der Waals surface area (Å²) < 4.78 is 18.2. The van der Waals surface area contributed by atoms with Crippen molar-refractivity contribution in [2.24, 2.45) is 0 Å². The topological polar surface area (TPSA) is 42.4 Å². The lowest BCUT2D eigenvalue weighted by molar-refractivity contribution is -0.122. The number of hydrogen-bond acceptors (Lipinski definition) is 4. The van der Waals surface area contributed by atoms with Crippen LogP contribution in [-0.2, 0) is 9.53 Å². The number of nitrogens with zero attached hydrogens (tertiary/aromatic N) is 2. The first-order valence-corrected chi connectivity index (χ1v) is 7.43. The number of ether oxygens (including phenoxy) is 1. The molecule has 0 aliphatic rings. The molecule has 0 saturated heterocycles. The second-order valence-electron chi connectivity index (χ2n) is 4.96. The van der Waals surface area contributed by atoms with Crippen LogP contribution in [0.25, 0.3) is 16.1 Å². The Morgan fingerprint density at radius 3 is 2.73 bits per heavy atom. The van der Waals surface area contributed by atoms with Gasteiger partial charge in [-0.25, -0.2) is 9.37 Å². The fourth-order valence-electron chi connectivity index (χ4n) is 1.96. The second kappa shape index (κ2) is 6.70. The maximum atomic E-state index is 13.2. The molecule has 0 unspecified atom stereocenters. The molecule has 1 heterocycles. The van der Waals surface area contributed by atoms with Crippen LogP contribution in [0.3, 0.4) is 0 Å². The van der Waals surface area contributed by atoms with Gasteiger partial charge in [-0.2, -0.15) is 0 Å². The Balaban J connectivity index is 2.41. The van der Waals surface area contributed by atoms with Crippen molar-refractivity contribution in [3.8, 4) is 10.6 Å². The maximum Gasteiger partial charge on any atom is 0.257 e. The monoisotopic (exact) mass is 320 g/mol. The molecule has 4 nitrogen and oxygen atoms in total. The van der Waals surface area contributed by atoms with E-state index in [1.165, 1.54) is 41.7 Å². The van der Waals surface area contributed by atoms with Gasteiger partial charge in [-0.05, 0) is 30.7 Å². The molecule has 1 aromatic carbocycles. The number of likely N-dealkylation sites (N-methyl/N-ethyl adjacent to an activating group) is 1. The van der Waals surface area contributed by atoms with Crippen molar-refractivity contribution < 1.29 is 13.9 Å². The molecule has 0 aliphatic carbocycles. The smallest absolute Gasteiger partial charge is 0.257 e. The Kier molecular flexibility index (Phi) is 4.92. The van der Waals surface area contributed by atoms with Gasteiger partial charge in [0.2, 0.25) is 0 Å². The number of aryl methyl sites for hydroxylation is 1. The van der Waals surface area contributed by atoms with Crippen LogP contribution in [0, 0.1) is 12.7 Å². The van der Waals surface area contributed by atoms with Crippen LogP contribution in [0.2, 0.25) is 0 Å². The fraction of sp³-hybridized carbons (Fsp3) is 0.250. The van der Waals surface area contributed by atoms with Crippen molar-refractivity contribution in [3.63, 3.8) is 0 Å². The van der Waals surface area contributed by atoms with Gasteiger partial charge in [-0.1, -0.05) is 0 Å². The van der Waals surface area contributed by atoms with E-state index in [4.69, 9.17) is 4.74 Å². The first-order valence-electron chi connectivity index (χ1n) is 6.61. The van der Waals surface area contributed by atoms with Crippen molar-refractivity contribution in [2.75, 3.05) is 21.2 Å². The van der Waals surface area contributed by atoms with Crippen molar-refractivity contribution >= 4 is 22.8 Å². The van der Waals surface area contributed by atoms with E-state index in [0.29, 0.717) is 10.5 Å². The summed E-state index contributed by atoms with van der Waals surface area (Å²) in [6.45, 7) is 1.83. The van der Waals surface area contributed by atoms with E-state index in [1.807, 2.05) is 6.92 Å². The lowest BCUT2D eigenvalue weighted by Crippen LogP contribution is -2.22. The summed E-state index contributed by atoms with van der Waals surface area (Å²) >= 11 is 1.37. The molecule has 2 aromatic rings. The van der Waals surface area contributed by atoms with Gasteiger partial charge in [-0.3, -0.25) is 4.79 Å². The van der Waals surface area contributed by atoms with Crippen LogP contribution in [-0.4, -0.2) is 37.0 Å². The van der Waals surface area contributed by atoms with Crippen molar-refractivity contribution in [1.82, 2.24) is 9.88 Å². The molecule has 0 bridgehead atoms. The summed E-state index contributed by atoms with van der Waals surface area (Å²) in [5, 5.41) is 0.737. The fourth-order valence-corrected chi connectivity index (χ4v) is 2.97. The van der Waals surface area contributed by atoms with Crippen LogP contribution in [0.5, 0.6) is 0 Å². The predicted molar refractivity (Wildman–Crippen MR) is 85.9 cm³/mol. The van der Waals surface area contributed by atoms with Gasteiger partial charge in [0.25, 0.3) is 5.91 Å². The van der Waals surface area contributed by atoms with Gasteiger partial charge in [0.15, 0.2) is 0 Å². The Morgan fingerprint density at radius 1 is 1.41 bits per heavy atom.